The minimum absolute atomic E-state index is 0.0861. The molecule has 0 atom stereocenters. The van der Waals surface area contributed by atoms with Crippen molar-refractivity contribution in [2.75, 3.05) is 0 Å². The van der Waals surface area contributed by atoms with Crippen LogP contribution >= 0.6 is 0 Å². The number of aryl methyl sites for hydroxylation is 1. The van der Waals surface area contributed by atoms with E-state index in [1.165, 1.54) is 50.1 Å². The number of hydrogen-bond acceptors (Lipinski definition) is 2. The third-order valence-corrected chi connectivity index (χ3v) is 8.38. The zero-order valence-electron chi connectivity index (χ0n) is 20.8. The third-order valence-electron chi connectivity index (χ3n) is 8.38. The first kappa shape index (κ1) is 20.6. The van der Waals surface area contributed by atoms with E-state index in [1.807, 2.05) is 24.3 Å². The Morgan fingerprint density at radius 1 is 0.543 bits per heavy atom. The van der Waals surface area contributed by atoms with Crippen molar-refractivity contribution < 1.29 is 8.83 Å². The molecule has 0 spiro atoms. The van der Waals surface area contributed by atoms with Gasteiger partial charge in [0.2, 0.25) is 0 Å². The summed E-state index contributed by atoms with van der Waals surface area (Å²) in [5.74, 6) is 1.84. The summed E-state index contributed by atoms with van der Waals surface area (Å²) in [4.78, 5) is 0. The van der Waals surface area contributed by atoms with E-state index in [0.29, 0.717) is 0 Å². The molecule has 0 fully saturated rings. The monoisotopic (exact) mass is 456 g/mol. The van der Waals surface area contributed by atoms with Gasteiger partial charge in [0.1, 0.15) is 11.5 Å². The van der Waals surface area contributed by atoms with Crippen LogP contribution in [-0.2, 0) is 10.8 Å². The van der Waals surface area contributed by atoms with Crippen LogP contribution in [0, 0.1) is 6.92 Å². The third kappa shape index (κ3) is 2.65. The van der Waals surface area contributed by atoms with Crippen LogP contribution in [0.25, 0.3) is 44.9 Å². The second-order valence-corrected chi connectivity index (χ2v) is 11.1. The molecule has 2 heterocycles. The molecule has 2 aliphatic rings. The summed E-state index contributed by atoms with van der Waals surface area (Å²) < 4.78 is 11.4. The molecule has 3 aromatic carbocycles. The van der Waals surface area contributed by atoms with Crippen LogP contribution < -0.4 is 0 Å². The van der Waals surface area contributed by atoms with E-state index < -0.39 is 0 Å². The van der Waals surface area contributed by atoms with Crippen LogP contribution in [0.15, 0.2) is 88.1 Å². The average Bonchev–Trinajstić information content (AvgIpc) is 3.62. The molecule has 0 saturated heterocycles. The largest absolute Gasteiger partial charge is 0.464 e. The van der Waals surface area contributed by atoms with Crippen LogP contribution in [0.2, 0.25) is 0 Å². The van der Waals surface area contributed by atoms with Gasteiger partial charge in [-0.15, -0.1) is 0 Å². The lowest BCUT2D eigenvalue weighted by molar-refractivity contribution is 0.581. The van der Waals surface area contributed by atoms with Crippen LogP contribution in [0.5, 0.6) is 0 Å². The fourth-order valence-electron chi connectivity index (χ4n) is 6.47. The maximum absolute atomic E-state index is 5.74. The lowest BCUT2D eigenvalue weighted by atomic mass is 9.79. The van der Waals surface area contributed by atoms with Gasteiger partial charge in [0.05, 0.1) is 12.5 Å². The Kier molecular flexibility index (Phi) is 3.92. The Morgan fingerprint density at radius 2 is 1.11 bits per heavy atom. The Bertz CT molecular complexity index is 1630. The van der Waals surface area contributed by atoms with Crippen molar-refractivity contribution in [3.8, 4) is 44.9 Å². The van der Waals surface area contributed by atoms with Gasteiger partial charge in [-0.1, -0.05) is 39.8 Å². The van der Waals surface area contributed by atoms with E-state index >= 15 is 0 Å². The highest BCUT2D eigenvalue weighted by molar-refractivity contribution is 5.92. The van der Waals surface area contributed by atoms with Gasteiger partial charge >= 0.3 is 0 Å². The highest BCUT2D eigenvalue weighted by Crippen LogP contribution is 2.57. The van der Waals surface area contributed by atoms with E-state index in [2.05, 4.69) is 77.1 Å². The van der Waals surface area contributed by atoms with Gasteiger partial charge in [-0.05, 0) is 112 Å². The fraction of sp³-hybridized carbons (Fsp3) is 0.212. The molecule has 0 bridgehead atoms. The van der Waals surface area contributed by atoms with Gasteiger partial charge in [0, 0.05) is 22.0 Å². The molecule has 2 heteroatoms. The van der Waals surface area contributed by atoms with Crippen LogP contribution in [-0.4, -0.2) is 0 Å². The number of fused-ring (bicyclic) bond motifs is 6. The van der Waals surface area contributed by atoms with Gasteiger partial charge in [0.15, 0.2) is 0 Å². The van der Waals surface area contributed by atoms with Crippen molar-refractivity contribution in [1.82, 2.24) is 0 Å². The molecule has 0 aliphatic heterocycles. The van der Waals surface area contributed by atoms with E-state index in [4.69, 9.17) is 8.83 Å². The molecule has 0 saturated carbocycles. The Hall–Kier alpha value is -3.78. The molecule has 2 aromatic heterocycles. The second-order valence-electron chi connectivity index (χ2n) is 11.1. The van der Waals surface area contributed by atoms with Crippen LogP contribution in [0.3, 0.4) is 0 Å². The van der Waals surface area contributed by atoms with Gasteiger partial charge in [-0.25, -0.2) is 0 Å². The summed E-state index contributed by atoms with van der Waals surface area (Å²) in [6.45, 7) is 11.7. The normalized spacial score (nSPS) is 16.0. The summed E-state index contributed by atoms with van der Waals surface area (Å²) in [6.07, 6.45) is 3.49. The number of benzene rings is 3. The van der Waals surface area contributed by atoms with Crippen molar-refractivity contribution >= 4 is 0 Å². The maximum Gasteiger partial charge on any atom is 0.133 e. The van der Waals surface area contributed by atoms with E-state index in [1.54, 1.807) is 12.5 Å². The van der Waals surface area contributed by atoms with Crippen molar-refractivity contribution in [1.29, 1.82) is 0 Å². The fourth-order valence-corrected chi connectivity index (χ4v) is 6.47. The first-order valence-corrected chi connectivity index (χ1v) is 12.3. The summed E-state index contributed by atoms with van der Waals surface area (Å²) in [7, 11) is 0. The number of rotatable bonds is 2. The predicted molar refractivity (Wildman–Crippen MR) is 142 cm³/mol. The van der Waals surface area contributed by atoms with Gasteiger partial charge in [-0.2, -0.15) is 0 Å². The molecular weight excluding hydrogens is 428 g/mol. The summed E-state index contributed by atoms with van der Waals surface area (Å²) in [5.41, 5.74) is 14.4. The minimum atomic E-state index is -0.0892. The average molecular weight is 457 g/mol. The highest BCUT2D eigenvalue weighted by atomic mass is 16.3. The van der Waals surface area contributed by atoms with Crippen molar-refractivity contribution in [2.45, 2.75) is 45.4 Å². The molecular formula is C33H28O2. The van der Waals surface area contributed by atoms with E-state index in [0.717, 1.165) is 22.6 Å². The maximum atomic E-state index is 5.74. The lowest BCUT2D eigenvalue weighted by Gasteiger charge is -2.24. The van der Waals surface area contributed by atoms with Gasteiger partial charge in [0.25, 0.3) is 0 Å². The highest BCUT2D eigenvalue weighted by Gasteiger charge is 2.42. The topological polar surface area (TPSA) is 26.3 Å². The van der Waals surface area contributed by atoms with Crippen molar-refractivity contribution in [3.63, 3.8) is 0 Å². The molecule has 5 aromatic rings. The molecule has 0 radical (unpaired) electrons. The Balaban J connectivity index is 1.44. The lowest BCUT2D eigenvalue weighted by Crippen LogP contribution is -2.17. The zero-order valence-corrected chi connectivity index (χ0v) is 20.8. The molecule has 2 aliphatic carbocycles. The quantitative estimate of drug-likeness (QED) is 0.265. The molecule has 0 unspecified atom stereocenters. The van der Waals surface area contributed by atoms with Gasteiger partial charge < -0.3 is 8.83 Å². The summed E-state index contributed by atoms with van der Waals surface area (Å²) in [6, 6.07) is 24.3. The van der Waals surface area contributed by atoms with Crippen LogP contribution in [0.1, 0.15) is 55.5 Å². The predicted octanol–water partition coefficient (Wildman–Crippen LogP) is 9.13. The van der Waals surface area contributed by atoms with Crippen molar-refractivity contribution in [3.05, 3.63) is 107 Å². The molecule has 7 rings (SSSR count). The molecule has 0 N–H and O–H groups in total. The van der Waals surface area contributed by atoms with Crippen molar-refractivity contribution in [2.24, 2.45) is 0 Å². The minimum Gasteiger partial charge on any atom is -0.464 e. The summed E-state index contributed by atoms with van der Waals surface area (Å²) >= 11 is 0. The number of furan rings is 2. The second kappa shape index (κ2) is 6.66. The zero-order chi connectivity index (χ0) is 24.1. The molecule has 2 nitrogen and oxygen atoms in total. The van der Waals surface area contributed by atoms with E-state index in [-0.39, 0.29) is 10.8 Å². The standard InChI is InChI=1S/C33H28O2/c1-19-14-21(30-9-7-13-35-30)16-28-31(19)24-18-26-23(17-27(24)33(28,4)5)22-11-10-20(29-8-6-12-34-29)15-25(22)32(26,2)3/h6-18H,1-5H3. The smallest absolute Gasteiger partial charge is 0.133 e. The van der Waals surface area contributed by atoms with E-state index in [9.17, 15) is 0 Å². The SMILES string of the molecule is Cc1cc(-c2ccco2)cc2c1-c1cc3c(cc1C2(C)C)-c1ccc(-c2ccco2)cc1C3(C)C. The summed E-state index contributed by atoms with van der Waals surface area (Å²) in [5, 5.41) is 0. The first-order chi connectivity index (χ1) is 16.8. The van der Waals surface area contributed by atoms with Gasteiger partial charge in [-0.3, -0.25) is 0 Å². The number of hydrogen-bond donors (Lipinski definition) is 0. The Morgan fingerprint density at radius 3 is 1.80 bits per heavy atom. The Labute approximate surface area is 206 Å². The first-order valence-electron chi connectivity index (χ1n) is 12.3. The van der Waals surface area contributed by atoms with Crippen LogP contribution in [0.4, 0.5) is 0 Å². The molecule has 172 valence electrons. The molecule has 35 heavy (non-hydrogen) atoms. The molecule has 0 amide bonds.